The predicted octanol–water partition coefficient (Wildman–Crippen LogP) is 3.94. The van der Waals surface area contributed by atoms with Crippen LogP contribution in [0.2, 0.25) is 0 Å². The van der Waals surface area contributed by atoms with Crippen LogP contribution in [0.5, 0.6) is 0 Å². The summed E-state index contributed by atoms with van der Waals surface area (Å²) in [5.41, 5.74) is 5.85. The van der Waals surface area contributed by atoms with Gasteiger partial charge in [0, 0.05) is 11.6 Å². The maximum absolute atomic E-state index is 12.5. The van der Waals surface area contributed by atoms with Gasteiger partial charge in [-0.15, -0.1) is 11.3 Å². The van der Waals surface area contributed by atoms with Crippen molar-refractivity contribution >= 4 is 33.2 Å². The number of benzene rings is 1. The van der Waals surface area contributed by atoms with Crippen molar-refractivity contribution in [3.05, 3.63) is 77.1 Å². The molecule has 6 nitrogen and oxygen atoms in total. The van der Waals surface area contributed by atoms with Crippen molar-refractivity contribution in [3.63, 3.8) is 0 Å². The molecule has 0 aliphatic rings. The Morgan fingerprint density at radius 1 is 1.15 bits per heavy atom. The predicted molar refractivity (Wildman–Crippen MR) is 108 cm³/mol. The SMILES string of the molecule is CC(=NNC(=O)c1cc2c(C)nn(-c3ccccc3)c2s1)c1ccccn1. The highest BCUT2D eigenvalue weighted by molar-refractivity contribution is 7.20. The molecule has 0 fully saturated rings. The number of nitrogens with one attached hydrogen (secondary N) is 1. The Hall–Kier alpha value is -3.32. The summed E-state index contributed by atoms with van der Waals surface area (Å²) in [6.07, 6.45) is 1.69. The molecule has 134 valence electrons. The third-order valence-electron chi connectivity index (χ3n) is 4.13. The highest BCUT2D eigenvalue weighted by Crippen LogP contribution is 2.30. The van der Waals surface area contributed by atoms with Crippen LogP contribution in [0.25, 0.3) is 15.9 Å². The number of hydrogen-bond donors (Lipinski definition) is 1. The number of pyridine rings is 1. The summed E-state index contributed by atoms with van der Waals surface area (Å²) < 4.78 is 1.87. The Kier molecular flexibility index (Phi) is 4.52. The van der Waals surface area contributed by atoms with Gasteiger partial charge in [-0.2, -0.15) is 10.2 Å². The number of thiophene rings is 1. The molecule has 0 aliphatic carbocycles. The second-order valence-corrected chi connectivity index (χ2v) is 7.05. The average Bonchev–Trinajstić information content (AvgIpc) is 3.28. The summed E-state index contributed by atoms with van der Waals surface area (Å²) in [5.74, 6) is -0.245. The number of amides is 1. The molecule has 1 amide bonds. The zero-order valence-electron chi connectivity index (χ0n) is 14.9. The lowest BCUT2D eigenvalue weighted by Crippen LogP contribution is -2.18. The summed E-state index contributed by atoms with van der Waals surface area (Å²) in [7, 11) is 0. The Balaban J connectivity index is 1.62. The number of aryl methyl sites for hydroxylation is 1. The molecule has 3 heterocycles. The van der Waals surface area contributed by atoms with Gasteiger partial charge in [0.2, 0.25) is 0 Å². The van der Waals surface area contributed by atoms with Crippen LogP contribution in [0.1, 0.15) is 28.0 Å². The lowest BCUT2D eigenvalue weighted by atomic mass is 10.3. The van der Waals surface area contributed by atoms with E-state index in [1.54, 1.807) is 6.20 Å². The van der Waals surface area contributed by atoms with Crippen molar-refractivity contribution in [3.8, 4) is 5.69 Å². The van der Waals surface area contributed by atoms with Crippen molar-refractivity contribution in [1.82, 2.24) is 20.2 Å². The maximum atomic E-state index is 12.5. The minimum absolute atomic E-state index is 0.245. The van der Waals surface area contributed by atoms with Gasteiger partial charge in [0.15, 0.2) is 0 Å². The Bertz CT molecular complexity index is 1130. The van der Waals surface area contributed by atoms with Crippen LogP contribution in [-0.2, 0) is 0 Å². The first kappa shape index (κ1) is 17.1. The van der Waals surface area contributed by atoms with Crippen LogP contribution < -0.4 is 5.43 Å². The Morgan fingerprint density at radius 2 is 1.93 bits per heavy atom. The number of para-hydroxylation sites is 1. The van der Waals surface area contributed by atoms with E-state index in [2.05, 4.69) is 20.6 Å². The summed E-state index contributed by atoms with van der Waals surface area (Å²) in [5, 5.41) is 9.73. The van der Waals surface area contributed by atoms with E-state index >= 15 is 0 Å². The largest absolute Gasteiger partial charge is 0.281 e. The van der Waals surface area contributed by atoms with Gasteiger partial charge in [-0.25, -0.2) is 10.1 Å². The van der Waals surface area contributed by atoms with E-state index in [1.807, 2.05) is 73.1 Å². The maximum Gasteiger partial charge on any atom is 0.281 e. The van der Waals surface area contributed by atoms with Crippen molar-refractivity contribution in [2.24, 2.45) is 5.10 Å². The minimum atomic E-state index is -0.245. The van der Waals surface area contributed by atoms with Crippen LogP contribution in [0, 0.1) is 6.92 Å². The molecule has 0 atom stereocenters. The van der Waals surface area contributed by atoms with E-state index in [9.17, 15) is 4.79 Å². The molecular weight excluding hydrogens is 358 g/mol. The number of hydrazone groups is 1. The molecule has 1 aromatic carbocycles. The van der Waals surface area contributed by atoms with Gasteiger partial charge in [-0.05, 0) is 44.2 Å². The smallest absolute Gasteiger partial charge is 0.266 e. The first-order chi connectivity index (χ1) is 13.1. The second kappa shape index (κ2) is 7.13. The number of rotatable bonds is 4. The first-order valence-electron chi connectivity index (χ1n) is 8.44. The number of nitrogens with zero attached hydrogens (tertiary/aromatic N) is 4. The highest BCUT2D eigenvalue weighted by atomic mass is 32.1. The molecule has 0 aliphatic heterocycles. The van der Waals surface area contributed by atoms with Crippen LogP contribution in [0.4, 0.5) is 0 Å². The van der Waals surface area contributed by atoms with Gasteiger partial charge >= 0.3 is 0 Å². The number of carbonyl (C=O) groups is 1. The van der Waals surface area contributed by atoms with Crippen LogP contribution in [-0.4, -0.2) is 26.4 Å². The molecule has 4 rings (SSSR count). The Morgan fingerprint density at radius 3 is 2.67 bits per heavy atom. The zero-order chi connectivity index (χ0) is 18.8. The summed E-state index contributed by atoms with van der Waals surface area (Å²) in [6, 6.07) is 17.3. The monoisotopic (exact) mass is 375 g/mol. The van der Waals surface area contributed by atoms with Gasteiger partial charge in [0.25, 0.3) is 5.91 Å². The molecule has 0 radical (unpaired) electrons. The molecule has 3 aromatic heterocycles. The topological polar surface area (TPSA) is 72.2 Å². The van der Waals surface area contributed by atoms with Gasteiger partial charge in [0.1, 0.15) is 4.83 Å². The van der Waals surface area contributed by atoms with Crippen molar-refractivity contribution in [1.29, 1.82) is 0 Å². The molecule has 0 unspecified atom stereocenters. The average molecular weight is 375 g/mol. The molecule has 0 saturated heterocycles. The van der Waals surface area contributed by atoms with E-state index in [-0.39, 0.29) is 5.91 Å². The third kappa shape index (κ3) is 3.37. The summed E-state index contributed by atoms with van der Waals surface area (Å²) >= 11 is 1.40. The van der Waals surface area contributed by atoms with Crippen molar-refractivity contribution < 1.29 is 4.79 Å². The Labute approximate surface area is 160 Å². The molecule has 4 aromatic rings. The van der Waals surface area contributed by atoms with E-state index < -0.39 is 0 Å². The van der Waals surface area contributed by atoms with Gasteiger partial charge in [0.05, 0.1) is 27.7 Å². The van der Waals surface area contributed by atoms with Crippen LogP contribution in [0.3, 0.4) is 0 Å². The fourth-order valence-corrected chi connectivity index (χ4v) is 3.80. The minimum Gasteiger partial charge on any atom is -0.266 e. The van der Waals surface area contributed by atoms with E-state index in [0.29, 0.717) is 10.6 Å². The van der Waals surface area contributed by atoms with Crippen LogP contribution in [0.15, 0.2) is 65.9 Å². The molecule has 0 bridgehead atoms. The molecular formula is C20H17N5OS. The normalized spacial score (nSPS) is 11.7. The summed E-state index contributed by atoms with van der Waals surface area (Å²) in [4.78, 5) is 18.3. The molecule has 1 N–H and O–H groups in total. The molecule has 27 heavy (non-hydrogen) atoms. The fourth-order valence-electron chi connectivity index (χ4n) is 2.73. The lowest BCUT2D eigenvalue weighted by molar-refractivity contribution is 0.0959. The quantitative estimate of drug-likeness (QED) is 0.434. The standard InChI is InChI=1S/C20H17N5OS/c1-13-16-12-18(19(26)23-22-14(2)17-10-6-7-11-21-17)27-20(16)25(24-13)15-8-4-3-5-9-15/h3-12H,1-2H3,(H,23,26). The molecule has 0 saturated carbocycles. The van der Waals surface area contributed by atoms with E-state index in [1.165, 1.54) is 11.3 Å². The summed E-state index contributed by atoms with van der Waals surface area (Å²) in [6.45, 7) is 3.75. The second-order valence-electron chi connectivity index (χ2n) is 6.02. The number of aromatic nitrogens is 3. The first-order valence-corrected chi connectivity index (χ1v) is 9.26. The number of fused-ring (bicyclic) bond motifs is 1. The molecule has 7 heteroatoms. The lowest BCUT2D eigenvalue weighted by Gasteiger charge is -2.02. The molecule has 0 spiro atoms. The van der Waals surface area contributed by atoms with Gasteiger partial charge < -0.3 is 0 Å². The van der Waals surface area contributed by atoms with E-state index in [0.717, 1.165) is 27.3 Å². The highest BCUT2D eigenvalue weighted by Gasteiger charge is 2.17. The number of hydrogen-bond acceptors (Lipinski definition) is 5. The third-order valence-corrected chi connectivity index (χ3v) is 5.24. The zero-order valence-corrected chi connectivity index (χ0v) is 15.7. The van der Waals surface area contributed by atoms with Crippen molar-refractivity contribution in [2.45, 2.75) is 13.8 Å². The number of carbonyl (C=O) groups excluding carboxylic acids is 1. The van der Waals surface area contributed by atoms with Gasteiger partial charge in [-0.1, -0.05) is 24.3 Å². The van der Waals surface area contributed by atoms with E-state index in [4.69, 9.17) is 0 Å². The van der Waals surface area contributed by atoms with Gasteiger partial charge in [-0.3, -0.25) is 9.78 Å². The van der Waals surface area contributed by atoms with Crippen molar-refractivity contribution in [2.75, 3.05) is 0 Å². The fraction of sp³-hybridized carbons (Fsp3) is 0.100. The van der Waals surface area contributed by atoms with Crippen LogP contribution >= 0.6 is 11.3 Å².